The summed E-state index contributed by atoms with van der Waals surface area (Å²) < 4.78 is 0. The molecule has 0 saturated carbocycles. The average Bonchev–Trinajstić information content (AvgIpc) is 2.85. The lowest BCUT2D eigenvalue weighted by Gasteiger charge is -2.28. The molecule has 0 aliphatic rings. The summed E-state index contributed by atoms with van der Waals surface area (Å²) in [5.74, 6) is 6.54. The summed E-state index contributed by atoms with van der Waals surface area (Å²) in [5, 5.41) is 5.32. The van der Waals surface area contributed by atoms with Gasteiger partial charge >= 0.3 is 0 Å². The summed E-state index contributed by atoms with van der Waals surface area (Å²) in [6, 6.07) is 32.3. The molecule has 0 bridgehead atoms. The van der Waals surface area contributed by atoms with Crippen molar-refractivity contribution < 1.29 is 4.79 Å². The Bertz CT molecular complexity index is 1350. The van der Waals surface area contributed by atoms with Crippen molar-refractivity contribution in [2.24, 2.45) is 0 Å². The Balaban J connectivity index is 1.81. The van der Waals surface area contributed by atoms with Crippen molar-refractivity contribution >= 4 is 22.4 Å². The van der Waals surface area contributed by atoms with Crippen molar-refractivity contribution in [3.05, 3.63) is 114 Å². The van der Waals surface area contributed by atoms with Crippen LogP contribution < -0.4 is 5.32 Å². The Morgan fingerprint density at radius 1 is 0.765 bits per heavy atom. The molecule has 4 aromatic rings. The molecule has 0 aliphatic heterocycles. The maximum absolute atomic E-state index is 14.0. The van der Waals surface area contributed by atoms with Gasteiger partial charge < -0.3 is 5.32 Å². The van der Waals surface area contributed by atoms with Crippen LogP contribution in [0.2, 0.25) is 0 Å². The lowest BCUT2D eigenvalue weighted by atomic mass is 9.76. The summed E-state index contributed by atoms with van der Waals surface area (Å²) in [6.07, 6.45) is 0.554. The molecule has 4 rings (SSSR count). The zero-order chi connectivity index (χ0) is 24.2. The summed E-state index contributed by atoms with van der Waals surface area (Å²) >= 11 is 0. The maximum atomic E-state index is 14.0. The first-order valence-corrected chi connectivity index (χ1v) is 11.8. The number of benzene rings is 4. The normalized spacial score (nSPS) is 12.9. The molecular formula is C32H31NO. The smallest absolute Gasteiger partial charge is 0.247 e. The van der Waals surface area contributed by atoms with Crippen molar-refractivity contribution in [3.8, 4) is 11.8 Å². The minimum atomic E-state index is -0.983. The van der Waals surface area contributed by atoms with Gasteiger partial charge in [0.25, 0.3) is 0 Å². The molecule has 0 spiro atoms. The Hall–Kier alpha value is -3.83. The minimum absolute atomic E-state index is 0.0360. The van der Waals surface area contributed by atoms with Crippen molar-refractivity contribution in [2.45, 2.75) is 44.9 Å². The van der Waals surface area contributed by atoms with Gasteiger partial charge in [0.1, 0.15) is 5.41 Å². The highest BCUT2D eigenvalue weighted by Gasteiger charge is 2.37. The first kappa shape index (κ1) is 23.3. The third-order valence-electron chi connectivity index (χ3n) is 6.39. The van der Waals surface area contributed by atoms with E-state index in [0.717, 1.165) is 27.6 Å². The fraction of sp³-hybridized carbons (Fsp3) is 0.219. The fourth-order valence-corrected chi connectivity index (χ4v) is 4.23. The summed E-state index contributed by atoms with van der Waals surface area (Å²) in [6.45, 7) is 8.60. The standard InChI is InChI=1S/C32H31NO/c1-5-32(23-22-24-12-7-6-8-13-24,27-20-18-26(19-21-27)31(2,3)4)30(34)33-29-17-11-15-25-14-9-10-16-28(25)29/h6-21H,5H2,1-4H3,(H,33,34)/t32-/m1/s1. The minimum Gasteiger partial charge on any atom is -0.324 e. The predicted molar refractivity (Wildman–Crippen MR) is 143 cm³/mol. The second kappa shape index (κ2) is 9.57. The Morgan fingerprint density at radius 2 is 1.38 bits per heavy atom. The van der Waals surface area contributed by atoms with Gasteiger partial charge in [-0.1, -0.05) is 118 Å². The van der Waals surface area contributed by atoms with E-state index < -0.39 is 5.41 Å². The molecule has 0 saturated heterocycles. The summed E-state index contributed by atoms with van der Waals surface area (Å²) in [4.78, 5) is 14.0. The van der Waals surface area contributed by atoms with Crippen LogP contribution in [-0.2, 0) is 15.6 Å². The van der Waals surface area contributed by atoms with Crippen molar-refractivity contribution in [3.63, 3.8) is 0 Å². The molecule has 1 atom stereocenters. The highest BCUT2D eigenvalue weighted by Crippen LogP contribution is 2.33. The second-order valence-corrected chi connectivity index (χ2v) is 9.68. The molecule has 1 N–H and O–H groups in total. The molecule has 4 aromatic carbocycles. The van der Waals surface area contributed by atoms with Gasteiger partial charge in [-0.05, 0) is 46.5 Å². The molecule has 0 aromatic heterocycles. The van der Waals surface area contributed by atoms with Crippen LogP contribution in [0.3, 0.4) is 0 Å². The lowest BCUT2D eigenvalue weighted by Crippen LogP contribution is -2.39. The van der Waals surface area contributed by atoms with Crippen LogP contribution in [0.15, 0.2) is 97.1 Å². The third-order valence-corrected chi connectivity index (χ3v) is 6.39. The predicted octanol–water partition coefficient (Wildman–Crippen LogP) is 7.48. The summed E-state index contributed by atoms with van der Waals surface area (Å²) in [7, 11) is 0. The van der Waals surface area contributed by atoms with Crippen LogP contribution in [0.25, 0.3) is 10.8 Å². The molecule has 2 heteroatoms. The molecule has 0 unspecified atom stereocenters. The molecule has 0 aliphatic carbocycles. The van der Waals surface area contributed by atoms with Crippen LogP contribution in [0.1, 0.15) is 50.8 Å². The van der Waals surface area contributed by atoms with E-state index >= 15 is 0 Å². The first-order chi connectivity index (χ1) is 16.3. The van der Waals surface area contributed by atoms with E-state index in [9.17, 15) is 4.79 Å². The number of amides is 1. The fourth-order valence-electron chi connectivity index (χ4n) is 4.23. The topological polar surface area (TPSA) is 29.1 Å². The Morgan fingerprint density at radius 3 is 2.06 bits per heavy atom. The second-order valence-electron chi connectivity index (χ2n) is 9.68. The monoisotopic (exact) mass is 445 g/mol. The quantitative estimate of drug-likeness (QED) is 0.324. The largest absolute Gasteiger partial charge is 0.324 e. The maximum Gasteiger partial charge on any atom is 0.247 e. The van der Waals surface area contributed by atoms with Gasteiger partial charge in [0.2, 0.25) is 5.91 Å². The number of carbonyl (C=O) groups is 1. The number of hydrogen-bond acceptors (Lipinski definition) is 1. The molecule has 0 heterocycles. The van der Waals surface area contributed by atoms with Crippen LogP contribution in [-0.4, -0.2) is 5.91 Å². The number of hydrogen-bond donors (Lipinski definition) is 1. The van der Waals surface area contributed by atoms with E-state index in [1.54, 1.807) is 0 Å². The van der Waals surface area contributed by atoms with Gasteiger partial charge in [0, 0.05) is 16.6 Å². The Kier molecular flexibility index (Phi) is 6.57. The van der Waals surface area contributed by atoms with Crippen molar-refractivity contribution in [2.75, 3.05) is 5.32 Å². The molecule has 0 fully saturated rings. The number of rotatable bonds is 4. The highest BCUT2D eigenvalue weighted by atomic mass is 16.2. The van der Waals surface area contributed by atoms with E-state index in [1.165, 1.54) is 5.56 Å². The summed E-state index contributed by atoms with van der Waals surface area (Å²) in [5.41, 5.74) is 2.88. The SMILES string of the molecule is CC[C@](C#Cc1ccccc1)(C(=O)Nc1cccc2ccccc12)c1ccc(C(C)(C)C)cc1. The molecule has 34 heavy (non-hydrogen) atoms. The average molecular weight is 446 g/mol. The van der Waals surface area contributed by atoms with Gasteiger partial charge in [-0.25, -0.2) is 0 Å². The highest BCUT2D eigenvalue weighted by molar-refractivity contribution is 6.07. The first-order valence-electron chi connectivity index (χ1n) is 11.8. The van der Waals surface area contributed by atoms with Gasteiger partial charge in [0.15, 0.2) is 0 Å². The van der Waals surface area contributed by atoms with E-state index in [-0.39, 0.29) is 11.3 Å². The Labute approximate surface area is 203 Å². The molecule has 1 amide bonds. The van der Waals surface area contributed by atoms with Crippen LogP contribution >= 0.6 is 0 Å². The molecule has 2 nitrogen and oxygen atoms in total. The van der Waals surface area contributed by atoms with E-state index in [4.69, 9.17) is 0 Å². The lowest BCUT2D eigenvalue weighted by molar-refractivity contribution is -0.119. The number of carbonyl (C=O) groups excluding carboxylic acids is 1. The molecule has 0 radical (unpaired) electrons. The van der Waals surface area contributed by atoms with E-state index in [2.05, 4.69) is 74.3 Å². The zero-order valence-electron chi connectivity index (χ0n) is 20.4. The van der Waals surface area contributed by atoms with Crippen LogP contribution in [0.4, 0.5) is 5.69 Å². The number of fused-ring (bicyclic) bond motifs is 1. The number of anilines is 1. The number of nitrogens with one attached hydrogen (secondary N) is 1. The molecular weight excluding hydrogens is 414 g/mol. The van der Waals surface area contributed by atoms with Crippen molar-refractivity contribution in [1.82, 2.24) is 0 Å². The van der Waals surface area contributed by atoms with Gasteiger partial charge in [-0.15, -0.1) is 0 Å². The van der Waals surface area contributed by atoms with Gasteiger partial charge in [-0.3, -0.25) is 4.79 Å². The van der Waals surface area contributed by atoms with Crippen LogP contribution in [0.5, 0.6) is 0 Å². The third kappa shape index (κ3) is 4.75. The van der Waals surface area contributed by atoms with Crippen LogP contribution in [0, 0.1) is 11.8 Å². The van der Waals surface area contributed by atoms with Crippen molar-refractivity contribution in [1.29, 1.82) is 0 Å². The van der Waals surface area contributed by atoms with E-state index in [1.807, 2.05) is 67.6 Å². The van der Waals surface area contributed by atoms with E-state index in [0.29, 0.717) is 6.42 Å². The molecule has 170 valence electrons. The van der Waals surface area contributed by atoms with Gasteiger partial charge in [-0.2, -0.15) is 0 Å². The van der Waals surface area contributed by atoms with Gasteiger partial charge in [0.05, 0.1) is 0 Å². The zero-order valence-corrected chi connectivity index (χ0v) is 20.4.